The maximum Gasteiger partial charge on any atom is 0.0285 e. The maximum atomic E-state index is 3.65. The average molecular weight is 251 g/mol. The second kappa shape index (κ2) is 5.10. The summed E-state index contributed by atoms with van der Waals surface area (Å²) in [5.41, 5.74) is 0.315. The first-order valence-corrected chi connectivity index (χ1v) is 7.90. The Labute approximate surface area is 112 Å². The molecule has 3 fully saturated rings. The van der Waals surface area contributed by atoms with Gasteiger partial charge in [-0.25, -0.2) is 0 Å². The molecular formula is C15H29N3. The van der Waals surface area contributed by atoms with Crippen LogP contribution in [0.4, 0.5) is 0 Å². The predicted octanol–water partition coefficient (Wildman–Crippen LogP) is 1.69. The topological polar surface area (TPSA) is 18.5 Å². The molecule has 1 aliphatic carbocycles. The Morgan fingerprint density at radius 3 is 2.06 bits per heavy atom. The summed E-state index contributed by atoms with van der Waals surface area (Å²) in [7, 11) is 0. The molecule has 0 amide bonds. The fraction of sp³-hybridized carbons (Fsp3) is 1.00. The van der Waals surface area contributed by atoms with Crippen molar-refractivity contribution in [2.24, 2.45) is 0 Å². The van der Waals surface area contributed by atoms with Crippen molar-refractivity contribution in [3.63, 3.8) is 0 Å². The Kier molecular flexibility index (Phi) is 3.65. The van der Waals surface area contributed by atoms with Gasteiger partial charge in [0.15, 0.2) is 0 Å². The monoisotopic (exact) mass is 251 g/mol. The van der Waals surface area contributed by atoms with E-state index in [1.165, 1.54) is 64.8 Å². The Morgan fingerprint density at radius 1 is 0.889 bits per heavy atom. The van der Waals surface area contributed by atoms with E-state index in [-0.39, 0.29) is 0 Å². The zero-order valence-corrected chi connectivity index (χ0v) is 12.1. The quantitative estimate of drug-likeness (QED) is 0.806. The fourth-order valence-corrected chi connectivity index (χ4v) is 4.33. The molecule has 0 radical (unpaired) electrons. The van der Waals surface area contributed by atoms with Crippen LogP contribution >= 0.6 is 0 Å². The minimum atomic E-state index is 0.315. The molecule has 0 aromatic carbocycles. The van der Waals surface area contributed by atoms with Crippen LogP contribution in [0.2, 0.25) is 0 Å². The molecule has 3 rings (SSSR count). The SMILES string of the molecule is CC1(C)NCCC1N1CCN(C2CCCC2)CC1. The van der Waals surface area contributed by atoms with E-state index in [1.54, 1.807) is 0 Å². The second-order valence-electron chi connectivity index (χ2n) is 6.96. The van der Waals surface area contributed by atoms with Crippen LogP contribution in [0.15, 0.2) is 0 Å². The van der Waals surface area contributed by atoms with Gasteiger partial charge in [-0.15, -0.1) is 0 Å². The number of hydrogen-bond acceptors (Lipinski definition) is 3. The summed E-state index contributed by atoms with van der Waals surface area (Å²) in [6.45, 7) is 11.1. The van der Waals surface area contributed by atoms with E-state index in [0.717, 1.165) is 12.1 Å². The lowest BCUT2D eigenvalue weighted by molar-refractivity contribution is 0.0538. The van der Waals surface area contributed by atoms with E-state index in [0.29, 0.717) is 5.54 Å². The first-order chi connectivity index (χ1) is 8.67. The zero-order valence-electron chi connectivity index (χ0n) is 12.1. The van der Waals surface area contributed by atoms with E-state index < -0.39 is 0 Å². The van der Waals surface area contributed by atoms with Crippen molar-refractivity contribution < 1.29 is 0 Å². The number of piperazine rings is 1. The van der Waals surface area contributed by atoms with E-state index in [2.05, 4.69) is 29.0 Å². The molecule has 0 bridgehead atoms. The zero-order chi connectivity index (χ0) is 12.6. The minimum Gasteiger partial charge on any atom is -0.310 e. The van der Waals surface area contributed by atoms with Gasteiger partial charge in [-0.3, -0.25) is 9.80 Å². The summed E-state index contributed by atoms with van der Waals surface area (Å²) in [6.07, 6.45) is 7.16. The van der Waals surface area contributed by atoms with Gasteiger partial charge in [0, 0.05) is 43.8 Å². The standard InChI is InChI=1S/C15H29N3/c1-15(2)14(7-8-16-15)18-11-9-17(10-12-18)13-5-3-4-6-13/h13-14,16H,3-12H2,1-2H3. The highest BCUT2D eigenvalue weighted by molar-refractivity contribution is 5.00. The van der Waals surface area contributed by atoms with Crippen molar-refractivity contribution in [2.45, 2.75) is 63.6 Å². The first-order valence-electron chi connectivity index (χ1n) is 7.90. The van der Waals surface area contributed by atoms with Gasteiger partial charge in [-0.05, 0) is 39.7 Å². The number of hydrogen-bond donors (Lipinski definition) is 1. The summed E-state index contributed by atoms with van der Waals surface area (Å²) in [5, 5.41) is 3.65. The lowest BCUT2D eigenvalue weighted by atomic mass is 9.94. The van der Waals surface area contributed by atoms with Gasteiger partial charge in [0.1, 0.15) is 0 Å². The number of rotatable bonds is 2. The molecule has 2 heterocycles. The van der Waals surface area contributed by atoms with E-state index in [4.69, 9.17) is 0 Å². The highest BCUT2D eigenvalue weighted by Crippen LogP contribution is 2.28. The first kappa shape index (κ1) is 12.9. The molecule has 104 valence electrons. The molecule has 1 N–H and O–H groups in total. The van der Waals surface area contributed by atoms with Crippen molar-refractivity contribution in [3.05, 3.63) is 0 Å². The molecule has 0 aromatic rings. The Balaban J connectivity index is 1.53. The number of nitrogens with one attached hydrogen (secondary N) is 1. The highest BCUT2D eigenvalue weighted by atomic mass is 15.3. The third-order valence-corrected chi connectivity index (χ3v) is 5.46. The van der Waals surface area contributed by atoms with Gasteiger partial charge < -0.3 is 5.32 Å². The molecule has 1 saturated carbocycles. The molecule has 3 nitrogen and oxygen atoms in total. The van der Waals surface area contributed by atoms with Crippen LogP contribution in [0.3, 0.4) is 0 Å². The van der Waals surface area contributed by atoms with Crippen LogP contribution in [0.25, 0.3) is 0 Å². The Hall–Kier alpha value is -0.120. The molecule has 3 aliphatic rings. The lowest BCUT2D eigenvalue weighted by Crippen LogP contribution is -2.58. The summed E-state index contributed by atoms with van der Waals surface area (Å²) < 4.78 is 0. The third-order valence-electron chi connectivity index (χ3n) is 5.46. The van der Waals surface area contributed by atoms with E-state index >= 15 is 0 Å². The summed E-state index contributed by atoms with van der Waals surface area (Å²) >= 11 is 0. The van der Waals surface area contributed by atoms with Crippen molar-refractivity contribution in [1.82, 2.24) is 15.1 Å². The van der Waals surface area contributed by atoms with Crippen molar-refractivity contribution in [3.8, 4) is 0 Å². The average Bonchev–Trinajstić information content (AvgIpc) is 2.98. The van der Waals surface area contributed by atoms with Crippen LogP contribution in [0.5, 0.6) is 0 Å². The van der Waals surface area contributed by atoms with Gasteiger partial charge >= 0.3 is 0 Å². The van der Waals surface area contributed by atoms with Crippen molar-refractivity contribution in [2.75, 3.05) is 32.7 Å². The Morgan fingerprint density at radius 2 is 1.50 bits per heavy atom. The largest absolute Gasteiger partial charge is 0.310 e. The van der Waals surface area contributed by atoms with Gasteiger partial charge in [-0.2, -0.15) is 0 Å². The Bertz CT molecular complexity index is 275. The smallest absolute Gasteiger partial charge is 0.0285 e. The molecule has 3 heteroatoms. The molecular weight excluding hydrogens is 222 g/mol. The van der Waals surface area contributed by atoms with Gasteiger partial charge in [0.2, 0.25) is 0 Å². The summed E-state index contributed by atoms with van der Waals surface area (Å²) in [6, 6.07) is 1.67. The van der Waals surface area contributed by atoms with Crippen LogP contribution < -0.4 is 5.32 Å². The molecule has 2 saturated heterocycles. The van der Waals surface area contributed by atoms with Crippen molar-refractivity contribution >= 4 is 0 Å². The molecule has 2 aliphatic heterocycles. The molecule has 0 aromatic heterocycles. The minimum absolute atomic E-state index is 0.315. The van der Waals surface area contributed by atoms with Gasteiger partial charge in [-0.1, -0.05) is 12.8 Å². The second-order valence-corrected chi connectivity index (χ2v) is 6.96. The maximum absolute atomic E-state index is 3.65. The lowest BCUT2D eigenvalue weighted by Gasteiger charge is -2.44. The third kappa shape index (κ3) is 2.45. The predicted molar refractivity (Wildman–Crippen MR) is 75.9 cm³/mol. The van der Waals surface area contributed by atoms with Crippen molar-refractivity contribution in [1.29, 1.82) is 0 Å². The summed E-state index contributed by atoms with van der Waals surface area (Å²) in [4.78, 5) is 5.50. The normalized spacial score (nSPS) is 35.3. The number of nitrogens with zero attached hydrogens (tertiary/aromatic N) is 2. The molecule has 18 heavy (non-hydrogen) atoms. The van der Waals surface area contributed by atoms with E-state index in [9.17, 15) is 0 Å². The molecule has 0 spiro atoms. The fourth-order valence-electron chi connectivity index (χ4n) is 4.33. The summed E-state index contributed by atoms with van der Waals surface area (Å²) in [5.74, 6) is 0. The van der Waals surface area contributed by atoms with Crippen LogP contribution in [-0.4, -0.2) is 60.1 Å². The van der Waals surface area contributed by atoms with Crippen LogP contribution in [0.1, 0.15) is 46.0 Å². The molecule has 1 unspecified atom stereocenters. The molecule has 1 atom stereocenters. The van der Waals surface area contributed by atoms with Gasteiger partial charge in [0.05, 0.1) is 0 Å². The van der Waals surface area contributed by atoms with E-state index in [1.807, 2.05) is 0 Å². The van der Waals surface area contributed by atoms with Crippen LogP contribution in [0, 0.1) is 0 Å². The highest BCUT2D eigenvalue weighted by Gasteiger charge is 2.39. The van der Waals surface area contributed by atoms with Gasteiger partial charge in [0.25, 0.3) is 0 Å². The van der Waals surface area contributed by atoms with Crippen LogP contribution in [-0.2, 0) is 0 Å².